The van der Waals surface area contributed by atoms with Crippen molar-refractivity contribution in [2.45, 2.75) is 12.8 Å². The van der Waals surface area contributed by atoms with Gasteiger partial charge in [0.05, 0.1) is 19.6 Å². The van der Waals surface area contributed by atoms with Crippen molar-refractivity contribution in [1.29, 1.82) is 0 Å². The zero-order valence-corrected chi connectivity index (χ0v) is 7.29. The molecule has 1 rings (SSSR count). The SMILES string of the molecule is C=CCCN1CCOCCC1=O. The molecule has 3 heteroatoms. The summed E-state index contributed by atoms with van der Waals surface area (Å²) in [5, 5.41) is 0. The predicted molar refractivity (Wildman–Crippen MR) is 46.8 cm³/mol. The minimum absolute atomic E-state index is 0.203. The second-order valence-electron chi connectivity index (χ2n) is 2.82. The van der Waals surface area contributed by atoms with Crippen LogP contribution < -0.4 is 0 Å². The molecule has 0 saturated carbocycles. The van der Waals surface area contributed by atoms with Gasteiger partial charge in [-0.05, 0) is 6.42 Å². The van der Waals surface area contributed by atoms with E-state index in [4.69, 9.17) is 4.74 Å². The highest BCUT2D eigenvalue weighted by molar-refractivity contribution is 5.76. The van der Waals surface area contributed by atoms with Gasteiger partial charge in [-0.1, -0.05) is 6.08 Å². The van der Waals surface area contributed by atoms with Gasteiger partial charge in [0.15, 0.2) is 0 Å². The molecule has 12 heavy (non-hydrogen) atoms. The van der Waals surface area contributed by atoms with Crippen LogP contribution in [-0.4, -0.2) is 37.1 Å². The Balaban J connectivity index is 2.36. The van der Waals surface area contributed by atoms with Crippen LogP contribution in [0.15, 0.2) is 12.7 Å². The minimum atomic E-state index is 0.203. The molecule has 1 heterocycles. The molecular weight excluding hydrogens is 154 g/mol. The first kappa shape index (κ1) is 9.26. The number of ether oxygens (including phenoxy) is 1. The molecule has 1 aliphatic rings. The van der Waals surface area contributed by atoms with Gasteiger partial charge in [0.25, 0.3) is 0 Å². The maximum absolute atomic E-state index is 11.3. The van der Waals surface area contributed by atoms with Crippen molar-refractivity contribution in [2.75, 3.05) is 26.3 Å². The molecule has 0 radical (unpaired) electrons. The number of hydrogen-bond donors (Lipinski definition) is 0. The Morgan fingerprint density at radius 2 is 2.42 bits per heavy atom. The average Bonchev–Trinajstić information content (AvgIpc) is 2.27. The molecule has 0 spiro atoms. The Morgan fingerprint density at radius 1 is 1.58 bits per heavy atom. The Bertz CT molecular complexity index is 168. The van der Waals surface area contributed by atoms with E-state index in [2.05, 4.69) is 6.58 Å². The molecule has 1 saturated heterocycles. The lowest BCUT2D eigenvalue weighted by atomic mass is 10.3. The quantitative estimate of drug-likeness (QED) is 0.585. The van der Waals surface area contributed by atoms with Crippen LogP contribution in [0.2, 0.25) is 0 Å². The third-order valence-corrected chi connectivity index (χ3v) is 1.92. The van der Waals surface area contributed by atoms with Gasteiger partial charge in [-0.3, -0.25) is 4.79 Å². The molecular formula is C9H15NO2. The van der Waals surface area contributed by atoms with E-state index in [1.807, 2.05) is 11.0 Å². The third-order valence-electron chi connectivity index (χ3n) is 1.92. The second kappa shape index (κ2) is 4.93. The number of nitrogens with zero attached hydrogens (tertiary/aromatic N) is 1. The summed E-state index contributed by atoms with van der Waals surface area (Å²) in [5.74, 6) is 0.203. The zero-order chi connectivity index (χ0) is 8.81. The van der Waals surface area contributed by atoms with Crippen molar-refractivity contribution < 1.29 is 9.53 Å². The van der Waals surface area contributed by atoms with E-state index in [0.29, 0.717) is 19.6 Å². The Labute approximate surface area is 73.0 Å². The molecule has 0 aromatic heterocycles. The summed E-state index contributed by atoms with van der Waals surface area (Å²) in [7, 11) is 0. The summed E-state index contributed by atoms with van der Waals surface area (Å²) >= 11 is 0. The largest absolute Gasteiger partial charge is 0.379 e. The molecule has 1 fully saturated rings. The van der Waals surface area contributed by atoms with Crippen molar-refractivity contribution in [3.63, 3.8) is 0 Å². The molecule has 68 valence electrons. The van der Waals surface area contributed by atoms with Gasteiger partial charge >= 0.3 is 0 Å². The lowest BCUT2D eigenvalue weighted by Crippen LogP contribution is -2.32. The fourth-order valence-corrected chi connectivity index (χ4v) is 1.20. The lowest BCUT2D eigenvalue weighted by Gasteiger charge is -2.18. The van der Waals surface area contributed by atoms with Crippen LogP contribution in [0, 0.1) is 0 Å². The van der Waals surface area contributed by atoms with Crippen LogP contribution >= 0.6 is 0 Å². The van der Waals surface area contributed by atoms with Gasteiger partial charge in [-0.15, -0.1) is 6.58 Å². The fourth-order valence-electron chi connectivity index (χ4n) is 1.20. The molecule has 0 aliphatic carbocycles. The smallest absolute Gasteiger partial charge is 0.224 e. The highest BCUT2D eigenvalue weighted by Crippen LogP contribution is 2.01. The Morgan fingerprint density at radius 3 is 3.17 bits per heavy atom. The van der Waals surface area contributed by atoms with Gasteiger partial charge in [-0.25, -0.2) is 0 Å². The summed E-state index contributed by atoms with van der Waals surface area (Å²) in [6, 6.07) is 0. The number of rotatable bonds is 3. The van der Waals surface area contributed by atoms with E-state index < -0.39 is 0 Å². The highest BCUT2D eigenvalue weighted by atomic mass is 16.5. The molecule has 0 aromatic carbocycles. The molecule has 0 bridgehead atoms. The Hall–Kier alpha value is -0.830. The van der Waals surface area contributed by atoms with Gasteiger partial charge in [-0.2, -0.15) is 0 Å². The molecule has 1 aliphatic heterocycles. The maximum atomic E-state index is 11.3. The van der Waals surface area contributed by atoms with E-state index in [0.717, 1.165) is 19.5 Å². The van der Waals surface area contributed by atoms with Crippen molar-refractivity contribution in [1.82, 2.24) is 4.90 Å². The molecule has 0 unspecified atom stereocenters. The van der Waals surface area contributed by atoms with E-state index in [9.17, 15) is 4.79 Å². The average molecular weight is 169 g/mol. The maximum Gasteiger partial charge on any atom is 0.224 e. The topological polar surface area (TPSA) is 29.5 Å². The minimum Gasteiger partial charge on any atom is -0.379 e. The lowest BCUT2D eigenvalue weighted by molar-refractivity contribution is -0.130. The van der Waals surface area contributed by atoms with Crippen molar-refractivity contribution >= 4 is 5.91 Å². The second-order valence-corrected chi connectivity index (χ2v) is 2.82. The van der Waals surface area contributed by atoms with Gasteiger partial charge in [0.1, 0.15) is 0 Å². The number of carbonyl (C=O) groups excluding carboxylic acids is 1. The summed E-state index contributed by atoms with van der Waals surface area (Å²) in [6.07, 6.45) is 3.22. The number of amides is 1. The summed E-state index contributed by atoms with van der Waals surface area (Å²) in [6.45, 7) is 6.38. The monoisotopic (exact) mass is 169 g/mol. The van der Waals surface area contributed by atoms with E-state index in [1.54, 1.807) is 0 Å². The summed E-state index contributed by atoms with van der Waals surface area (Å²) in [5.41, 5.74) is 0. The van der Waals surface area contributed by atoms with Crippen LogP contribution in [-0.2, 0) is 9.53 Å². The van der Waals surface area contributed by atoms with Crippen LogP contribution in [0.5, 0.6) is 0 Å². The van der Waals surface area contributed by atoms with Crippen LogP contribution in [0.25, 0.3) is 0 Å². The highest BCUT2D eigenvalue weighted by Gasteiger charge is 2.15. The van der Waals surface area contributed by atoms with Crippen molar-refractivity contribution in [2.24, 2.45) is 0 Å². The van der Waals surface area contributed by atoms with Crippen LogP contribution in [0.1, 0.15) is 12.8 Å². The third kappa shape index (κ3) is 2.66. The molecule has 0 aromatic rings. The normalized spacial score (nSPS) is 19.0. The molecule has 0 atom stereocenters. The zero-order valence-electron chi connectivity index (χ0n) is 7.29. The van der Waals surface area contributed by atoms with Crippen LogP contribution in [0.4, 0.5) is 0 Å². The van der Waals surface area contributed by atoms with Gasteiger partial charge in [0, 0.05) is 13.1 Å². The fraction of sp³-hybridized carbons (Fsp3) is 0.667. The van der Waals surface area contributed by atoms with Gasteiger partial charge in [0.2, 0.25) is 5.91 Å². The number of carbonyl (C=O) groups is 1. The van der Waals surface area contributed by atoms with Crippen molar-refractivity contribution in [3.8, 4) is 0 Å². The van der Waals surface area contributed by atoms with E-state index >= 15 is 0 Å². The summed E-state index contributed by atoms with van der Waals surface area (Å²) in [4.78, 5) is 13.2. The van der Waals surface area contributed by atoms with Crippen molar-refractivity contribution in [3.05, 3.63) is 12.7 Å². The molecule has 0 N–H and O–H groups in total. The Kier molecular flexibility index (Phi) is 3.80. The predicted octanol–water partition coefficient (Wildman–Crippen LogP) is 0.811. The molecule has 1 amide bonds. The first-order chi connectivity index (χ1) is 5.84. The van der Waals surface area contributed by atoms with Crippen LogP contribution in [0.3, 0.4) is 0 Å². The van der Waals surface area contributed by atoms with E-state index in [1.165, 1.54) is 0 Å². The number of hydrogen-bond acceptors (Lipinski definition) is 2. The van der Waals surface area contributed by atoms with Gasteiger partial charge < -0.3 is 9.64 Å². The molecule has 3 nitrogen and oxygen atoms in total. The standard InChI is InChI=1S/C9H15NO2/c1-2-3-5-10-6-8-12-7-4-9(10)11/h2H,1,3-8H2. The van der Waals surface area contributed by atoms with E-state index in [-0.39, 0.29) is 5.91 Å². The first-order valence-corrected chi connectivity index (χ1v) is 4.31. The first-order valence-electron chi connectivity index (χ1n) is 4.31. The summed E-state index contributed by atoms with van der Waals surface area (Å²) < 4.78 is 5.19.